The van der Waals surface area contributed by atoms with Crippen molar-refractivity contribution in [3.63, 3.8) is 0 Å². The fraction of sp³-hybridized carbons (Fsp3) is 0.562. The van der Waals surface area contributed by atoms with Crippen molar-refractivity contribution in [1.82, 2.24) is 4.90 Å². The molecule has 1 unspecified atom stereocenters. The molecule has 1 heterocycles. The number of thiol groups is 1. The van der Waals surface area contributed by atoms with Gasteiger partial charge in [-0.2, -0.15) is 12.6 Å². The van der Waals surface area contributed by atoms with Gasteiger partial charge in [0.05, 0.1) is 6.04 Å². The van der Waals surface area contributed by atoms with Gasteiger partial charge in [0.25, 0.3) is 0 Å². The van der Waals surface area contributed by atoms with E-state index in [2.05, 4.69) is 29.7 Å². The SMILES string of the molecule is CC(CCS)C(=O)[C@@H](c1ccccc1)N1CCCC1. The van der Waals surface area contributed by atoms with Crippen molar-refractivity contribution in [1.29, 1.82) is 0 Å². The van der Waals surface area contributed by atoms with E-state index in [0.717, 1.165) is 30.8 Å². The van der Waals surface area contributed by atoms with Crippen molar-refractivity contribution in [2.75, 3.05) is 18.8 Å². The molecule has 2 rings (SSSR count). The first kappa shape index (κ1) is 14.6. The molecule has 1 fully saturated rings. The van der Waals surface area contributed by atoms with E-state index >= 15 is 0 Å². The van der Waals surface area contributed by atoms with Gasteiger partial charge in [0.15, 0.2) is 5.78 Å². The molecule has 2 nitrogen and oxygen atoms in total. The maximum absolute atomic E-state index is 12.7. The molecule has 1 aliphatic heterocycles. The zero-order valence-corrected chi connectivity index (χ0v) is 12.5. The molecule has 104 valence electrons. The second kappa shape index (κ2) is 7.11. The van der Waals surface area contributed by atoms with Gasteiger partial charge in [-0.25, -0.2) is 0 Å². The summed E-state index contributed by atoms with van der Waals surface area (Å²) in [5.74, 6) is 1.21. The number of carbonyl (C=O) groups excluding carboxylic acids is 1. The highest BCUT2D eigenvalue weighted by atomic mass is 32.1. The van der Waals surface area contributed by atoms with Crippen LogP contribution in [-0.2, 0) is 4.79 Å². The smallest absolute Gasteiger partial charge is 0.157 e. The van der Waals surface area contributed by atoms with Gasteiger partial charge in [0, 0.05) is 5.92 Å². The van der Waals surface area contributed by atoms with Crippen LogP contribution in [0.2, 0.25) is 0 Å². The lowest BCUT2D eigenvalue weighted by Gasteiger charge is -2.29. The second-order valence-electron chi connectivity index (χ2n) is 5.37. The Balaban J connectivity index is 2.21. The van der Waals surface area contributed by atoms with Crippen molar-refractivity contribution in [2.45, 2.75) is 32.2 Å². The molecule has 0 radical (unpaired) electrons. The number of Topliss-reactive ketones (excluding diaryl/α,β-unsaturated/α-hetero) is 1. The second-order valence-corrected chi connectivity index (χ2v) is 5.82. The van der Waals surface area contributed by atoms with E-state index in [9.17, 15) is 4.79 Å². The Bertz CT molecular complexity index is 400. The normalized spacial score (nSPS) is 19.3. The zero-order valence-electron chi connectivity index (χ0n) is 11.6. The minimum atomic E-state index is -0.0569. The van der Waals surface area contributed by atoms with Gasteiger partial charge in [0.1, 0.15) is 0 Å². The Morgan fingerprint density at radius 2 is 1.89 bits per heavy atom. The fourth-order valence-corrected chi connectivity index (χ4v) is 3.18. The number of nitrogens with zero attached hydrogens (tertiary/aromatic N) is 1. The third-order valence-corrected chi connectivity index (χ3v) is 4.20. The molecule has 1 aliphatic rings. The van der Waals surface area contributed by atoms with Crippen LogP contribution in [0.4, 0.5) is 0 Å². The Morgan fingerprint density at radius 1 is 1.26 bits per heavy atom. The molecule has 1 aromatic carbocycles. The van der Waals surface area contributed by atoms with E-state index in [-0.39, 0.29) is 12.0 Å². The fourth-order valence-electron chi connectivity index (χ4n) is 2.80. The lowest BCUT2D eigenvalue weighted by Crippen LogP contribution is -2.34. The number of hydrogen-bond acceptors (Lipinski definition) is 3. The Labute approximate surface area is 121 Å². The van der Waals surface area contributed by atoms with Crippen molar-refractivity contribution in [2.24, 2.45) is 5.92 Å². The summed E-state index contributed by atoms with van der Waals surface area (Å²) in [6, 6.07) is 10.2. The quantitative estimate of drug-likeness (QED) is 0.805. The van der Waals surface area contributed by atoms with Crippen LogP contribution in [0.5, 0.6) is 0 Å². The largest absolute Gasteiger partial charge is 0.297 e. The third-order valence-electron chi connectivity index (χ3n) is 3.94. The van der Waals surface area contributed by atoms with E-state index in [1.54, 1.807) is 0 Å². The summed E-state index contributed by atoms with van der Waals surface area (Å²) >= 11 is 4.25. The maximum atomic E-state index is 12.7. The van der Waals surface area contributed by atoms with E-state index in [0.29, 0.717) is 5.78 Å². The molecule has 0 saturated carbocycles. The van der Waals surface area contributed by atoms with Crippen LogP contribution in [-0.4, -0.2) is 29.5 Å². The van der Waals surface area contributed by atoms with E-state index in [4.69, 9.17) is 0 Å². The lowest BCUT2D eigenvalue weighted by molar-refractivity contribution is -0.127. The van der Waals surface area contributed by atoms with Gasteiger partial charge in [-0.15, -0.1) is 0 Å². The number of carbonyl (C=O) groups is 1. The summed E-state index contributed by atoms with van der Waals surface area (Å²) in [4.78, 5) is 15.1. The summed E-state index contributed by atoms with van der Waals surface area (Å²) in [6.07, 6.45) is 3.27. The number of benzene rings is 1. The van der Waals surface area contributed by atoms with Crippen LogP contribution < -0.4 is 0 Å². The van der Waals surface area contributed by atoms with Crippen molar-refractivity contribution < 1.29 is 4.79 Å². The first-order chi connectivity index (χ1) is 9.24. The van der Waals surface area contributed by atoms with Crippen LogP contribution in [0.25, 0.3) is 0 Å². The molecular formula is C16H23NOS. The number of ketones is 1. The highest BCUT2D eigenvalue weighted by Gasteiger charge is 2.31. The predicted molar refractivity (Wildman–Crippen MR) is 82.6 cm³/mol. The first-order valence-corrected chi connectivity index (χ1v) is 7.81. The minimum absolute atomic E-state index is 0.0569. The summed E-state index contributed by atoms with van der Waals surface area (Å²) in [6.45, 7) is 4.11. The maximum Gasteiger partial charge on any atom is 0.157 e. The zero-order chi connectivity index (χ0) is 13.7. The van der Waals surface area contributed by atoms with Gasteiger partial charge in [-0.05, 0) is 43.7 Å². The summed E-state index contributed by atoms with van der Waals surface area (Å²) in [5, 5.41) is 0. The molecule has 0 amide bonds. The van der Waals surface area contributed by atoms with E-state index < -0.39 is 0 Å². The standard InChI is InChI=1S/C16H23NOS/c1-13(9-12-19)16(18)15(17-10-5-6-11-17)14-7-3-2-4-8-14/h2-4,7-8,13,15,19H,5-6,9-12H2,1H3/t13?,15-/m1/s1. The van der Waals surface area contributed by atoms with Crippen LogP contribution >= 0.6 is 12.6 Å². The van der Waals surface area contributed by atoms with Crippen LogP contribution in [0, 0.1) is 5.92 Å². The molecule has 2 atom stereocenters. The van der Waals surface area contributed by atoms with Gasteiger partial charge in [0.2, 0.25) is 0 Å². The molecule has 1 aromatic rings. The summed E-state index contributed by atoms with van der Waals surface area (Å²) in [5.41, 5.74) is 1.14. The number of hydrogen-bond donors (Lipinski definition) is 1. The predicted octanol–water partition coefficient (Wildman–Crippen LogP) is 3.35. The molecule has 3 heteroatoms. The Morgan fingerprint density at radius 3 is 2.47 bits per heavy atom. The highest BCUT2D eigenvalue weighted by Crippen LogP contribution is 2.29. The summed E-state index contributed by atoms with van der Waals surface area (Å²) in [7, 11) is 0. The van der Waals surface area contributed by atoms with Crippen molar-refractivity contribution >= 4 is 18.4 Å². The van der Waals surface area contributed by atoms with Crippen molar-refractivity contribution in [3.05, 3.63) is 35.9 Å². The molecule has 0 aromatic heterocycles. The van der Waals surface area contributed by atoms with Crippen molar-refractivity contribution in [3.8, 4) is 0 Å². The Kier molecular flexibility index (Phi) is 5.46. The average Bonchev–Trinajstić information content (AvgIpc) is 2.94. The molecule has 0 bridgehead atoms. The molecule has 0 aliphatic carbocycles. The van der Waals surface area contributed by atoms with Gasteiger partial charge < -0.3 is 0 Å². The third kappa shape index (κ3) is 3.61. The molecule has 1 saturated heterocycles. The topological polar surface area (TPSA) is 20.3 Å². The average molecular weight is 277 g/mol. The number of rotatable bonds is 6. The monoisotopic (exact) mass is 277 g/mol. The van der Waals surface area contributed by atoms with Gasteiger partial charge in [-0.3, -0.25) is 9.69 Å². The first-order valence-electron chi connectivity index (χ1n) is 7.17. The Hall–Kier alpha value is -0.800. The highest BCUT2D eigenvalue weighted by molar-refractivity contribution is 7.80. The van der Waals surface area contributed by atoms with E-state index in [1.807, 2.05) is 25.1 Å². The number of likely N-dealkylation sites (tertiary alicyclic amines) is 1. The van der Waals surface area contributed by atoms with Crippen LogP contribution in [0.1, 0.15) is 37.8 Å². The summed E-state index contributed by atoms with van der Waals surface area (Å²) < 4.78 is 0. The van der Waals surface area contributed by atoms with Crippen LogP contribution in [0.3, 0.4) is 0 Å². The van der Waals surface area contributed by atoms with Crippen LogP contribution in [0.15, 0.2) is 30.3 Å². The molecule has 19 heavy (non-hydrogen) atoms. The van der Waals surface area contributed by atoms with Gasteiger partial charge >= 0.3 is 0 Å². The molecular weight excluding hydrogens is 254 g/mol. The van der Waals surface area contributed by atoms with E-state index in [1.165, 1.54) is 12.8 Å². The minimum Gasteiger partial charge on any atom is -0.297 e. The molecule has 0 N–H and O–H groups in total. The van der Waals surface area contributed by atoms with Gasteiger partial charge in [-0.1, -0.05) is 37.3 Å². The molecule has 0 spiro atoms. The lowest BCUT2D eigenvalue weighted by atomic mass is 9.91.